The van der Waals surface area contributed by atoms with Crippen LogP contribution in [0.4, 0.5) is 8.78 Å². The van der Waals surface area contributed by atoms with E-state index >= 15 is 0 Å². The summed E-state index contributed by atoms with van der Waals surface area (Å²) < 4.78 is 58.8. The van der Waals surface area contributed by atoms with Gasteiger partial charge in [0.2, 0.25) is 10.0 Å². The maximum atomic E-state index is 13.2. The number of sulfonamides is 1. The molecule has 3 aromatic carbocycles. The largest absolute Gasteiger partial charge is 0.484 e. The number of fused-ring (bicyclic) bond motifs is 1. The van der Waals surface area contributed by atoms with Gasteiger partial charge in [-0.1, -0.05) is 30.3 Å². The zero-order valence-electron chi connectivity index (χ0n) is 16.5. The number of rotatable bonds is 5. The van der Waals surface area contributed by atoms with E-state index in [-0.39, 0.29) is 49.3 Å². The maximum Gasteiger partial charge on any atom is 0.260 e. The van der Waals surface area contributed by atoms with Gasteiger partial charge >= 0.3 is 0 Å². The second-order valence-corrected chi connectivity index (χ2v) is 9.10. The molecule has 0 spiro atoms. The number of piperazine rings is 1. The summed E-state index contributed by atoms with van der Waals surface area (Å²) in [4.78, 5) is 14.1. The van der Waals surface area contributed by atoms with Crippen LogP contribution in [0.1, 0.15) is 0 Å². The molecule has 4 rings (SSSR count). The lowest BCUT2D eigenvalue weighted by molar-refractivity contribution is -0.134. The molecule has 1 fully saturated rings. The molecule has 31 heavy (non-hydrogen) atoms. The first kappa shape index (κ1) is 21.2. The van der Waals surface area contributed by atoms with Gasteiger partial charge in [-0.25, -0.2) is 17.2 Å². The lowest BCUT2D eigenvalue weighted by atomic mass is 10.1. The van der Waals surface area contributed by atoms with Gasteiger partial charge in [-0.15, -0.1) is 0 Å². The van der Waals surface area contributed by atoms with Gasteiger partial charge in [-0.3, -0.25) is 4.79 Å². The standard InChI is InChI=1S/C22H20F2N2O4S/c23-20-8-6-18(14-21(20)24)30-15-22(27)25-9-11-26(12-10-25)31(28,29)19-7-5-16-3-1-2-4-17(16)13-19/h1-8,13-14H,9-12,15H2. The van der Waals surface area contributed by atoms with Crippen molar-refractivity contribution in [1.82, 2.24) is 9.21 Å². The first-order valence-corrected chi connectivity index (χ1v) is 11.1. The molecule has 0 bridgehead atoms. The Morgan fingerprint density at radius 1 is 0.871 bits per heavy atom. The van der Waals surface area contributed by atoms with Gasteiger partial charge in [0.05, 0.1) is 4.90 Å². The molecule has 0 aromatic heterocycles. The molecule has 1 amide bonds. The average Bonchev–Trinajstić information content (AvgIpc) is 2.79. The van der Waals surface area contributed by atoms with Gasteiger partial charge in [0.25, 0.3) is 5.91 Å². The monoisotopic (exact) mass is 446 g/mol. The SMILES string of the molecule is O=C(COc1ccc(F)c(F)c1)N1CCN(S(=O)(=O)c2ccc3ccccc3c2)CC1. The topological polar surface area (TPSA) is 66.9 Å². The van der Waals surface area contributed by atoms with E-state index in [0.717, 1.165) is 22.9 Å². The smallest absolute Gasteiger partial charge is 0.260 e. The van der Waals surface area contributed by atoms with Gasteiger partial charge in [-0.05, 0) is 35.0 Å². The summed E-state index contributed by atoms with van der Waals surface area (Å²) in [5.74, 6) is -2.36. The molecule has 162 valence electrons. The summed E-state index contributed by atoms with van der Waals surface area (Å²) in [7, 11) is -3.68. The molecule has 0 saturated carbocycles. The highest BCUT2D eigenvalue weighted by Gasteiger charge is 2.30. The average molecular weight is 446 g/mol. The first-order valence-electron chi connectivity index (χ1n) is 9.69. The molecule has 1 heterocycles. The van der Waals surface area contributed by atoms with Crippen LogP contribution < -0.4 is 4.74 Å². The lowest BCUT2D eigenvalue weighted by Crippen LogP contribution is -2.51. The molecule has 0 unspecified atom stereocenters. The Balaban J connectivity index is 1.36. The Morgan fingerprint density at radius 3 is 2.29 bits per heavy atom. The van der Waals surface area contributed by atoms with E-state index in [9.17, 15) is 22.0 Å². The zero-order valence-corrected chi connectivity index (χ0v) is 17.3. The van der Waals surface area contributed by atoms with Crippen molar-refractivity contribution in [3.63, 3.8) is 0 Å². The fourth-order valence-corrected chi connectivity index (χ4v) is 4.92. The van der Waals surface area contributed by atoms with Crippen LogP contribution in [-0.2, 0) is 14.8 Å². The minimum absolute atomic E-state index is 0.0461. The van der Waals surface area contributed by atoms with Crippen LogP contribution in [0.15, 0.2) is 65.6 Å². The molecule has 1 saturated heterocycles. The van der Waals surface area contributed by atoms with E-state index in [1.165, 1.54) is 15.3 Å². The summed E-state index contributed by atoms with van der Waals surface area (Å²) >= 11 is 0. The lowest BCUT2D eigenvalue weighted by Gasteiger charge is -2.34. The Hall–Kier alpha value is -3.04. The zero-order chi connectivity index (χ0) is 22.0. The van der Waals surface area contributed by atoms with Crippen molar-refractivity contribution in [2.24, 2.45) is 0 Å². The van der Waals surface area contributed by atoms with E-state index in [0.29, 0.717) is 0 Å². The number of halogens is 2. The van der Waals surface area contributed by atoms with Gasteiger partial charge in [0, 0.05) is 32.2 Å². The second-order valence-electron chi connectivity index (χ2n) is 7.16. The fraction of sp³-hybridized carbons (Fsp3) is 0.227. The number of nitrogens with zero attached hydrogens (tertiary/aromatic N) is 2. The minimum atomic E-state index is -3.68. The summed E-state index contributed by atoms with van der Waals surface area (Å²) in [5, 5.41) is 1.80. The van der Waals surface area contributed by atoms with Crippen LogP contribution in [0.25, 0.3) is 10.8 Å². The summed E-state index contributed by atoms with van der Waals surface area (Å²) in [6.45, 7) is 0.403. The van der Waals surface area contributed by atoms with E-state index in [2.05, 4.69) is 0 Å². The molecule has 0 aliphatic carbocycles. The predicted molar refractivity (Wildman–Crippen MR) is 111 cm³/mol. The maximum absolute atomic E-state index is 13.2. The van der Waals surface area contributed by atoms with Crippen LogP contribution in [0, 0.1) is 11.6 Å². The number of carbonyl (C=O) groups is 1. The molecular weight excluding hydrogens is 426 g/mol. The molecule has 0 atom stereocenters. The highest BCUT2D eigenvalue weighted by atomic mass is 32.2. The molecule has 1 aliphatic rings. The van der Waals surface area contributed by atoms with Gasteiger partial charge in [-0.2, -0.15) is 4.31 Å². The van der Waals surface area contributed by atoms with Crippen LogP contribution in [0.3, 0.4) is 0 Å². The van der Waals surface area contributed by atoms with Crippen molar-refractivity contribution in [2.45, 2.75) is 4.90 Å². The normalized spacial score (nSPS) is 15.2. The third-order valence-electron chi connectivity index (χ3n) is 5.20. The Labute approximate surface area is 178 Å². The Morgan fingerprint density at radius 2 is 1.58 bits per heavy atom. The van der Waals surface area contributed by atoms with Crippen LogP contribution >= 0.6 is 0 Å². The molecule has 0 radical (unpaired) electrons. The number of benzene rings is 3. The van der Waals surface area contributed by atoms with Crippen molar-refractivity contribution >= 4 is 26.7 Å². The number of hydrogen-bond donors (Lipinski definition) is 0. The van der Waals surface area contributed by atoms with Crippen LogP contribution in [0.5, 0.6) is 5.75 Å². The van der Waals surface area contributed by atoms with Gasteiger partial charge < -0.3 is 9.64 Å². The third kappa shape index (κ3) is 4.52. The quantitative estimate of drug-likeness (QED) is 0.604. The Kier molecular flexibility index (Phi) is 5.88. The number of hydrogen-bond acceptors (Lipinski definition) is 4. The molecule has 6 nitrogen and oxygen atoms in total. The summed E-state index contributed by atoms with van der Waals surface area (Å²) in [5.41, 5.74) is 0. The van der Waals surface area contributed by atoms with Crippen molar-refractivity contribution in [2.75, 3.05) is 32.8 Å². The van der Waals surface area contributed by atoms with E-state index in [1.54, 1.807) is 18.2 Å². The van der Waals surface area contributed by atoms with Gasteiger partial charge in [0.1, 0.15) is 5.75 Å². The van der Waals surface area contributed by atoms with E-state index < -0.39 is 21.7 Å². The number of carbonyl (C=O) groups excluding carboxylic acids is 1. The molecule has 0 N–H and O–H groups in total. The minimum Gasteiger partial charge on any atom is -0.484 e. The Bertz CT molecular complexity index is 1230. The summed E-state index contributed by atoms with van der Waals surface area (Å²) in [6.07, 6.45) is 0. The third-order valence-corrected chi connectivity index (χ3v) is 7.10. The van der Waals surface area contributed by atoms with Crippen molar-refractivity contribution in [3.8, 4) is 5.75 Å². The molecule has 1 aliphatic heterocycles. The molecule has 3 aromatic rings. The highest BCUT2D eigenvalue weighted by Crippen LogP contribution is 2.23. The van der Waals surface area contributed by atoms with Crippen LogP contribution in [0.2, 0.25) is 0 Å². The number of amides is 1. The molecular formula is C22H20F2N2O4S. The predicted octanol–water partition coefficient (Wildman–Crippen LogP) is 3.03. The second kappa shape index (κ2) is 8.60. The van der Waals surface area contributed by atoms with E-state index in [4.69, 9.17) is 4.74 Å². The van der Waals surface area contributed by atoms with Crippen molar-refractivity contribution < 1.29 is 26.7 Å². The van der Waals surface area contributed by atoms with Crippen molar-refractivity contribution in [1.29, 1.82) is 0 Å². The molecule has 9 heteroatoms. The van der Waals surface area contributed by atoms with Crippen molar-refractivity contribution in [3.05, 3.63) is 72.3 Å². The highest BCUT2D eigenvalue weighted by molar-refractivity contribution is 7.89. The van der Waals surface area contributed by atoms with Crippen LogP contribution in [-0.4, -0.2) is 56.3 Å². The van der Waals surface area contributed by atoms with Gasteiger partial charge in [0.15, 0.2) is 18.2 Å². The summed E-state index contributed by atoms with van der Waals surface area (Å²) in [6, 6.07) is 15.6. The first-order chi connectivity index (χ1) is 14.8. The number of ether oxygens (including phenoxy) is 1. The fourth-order valence-electron chi connectivity index (χ4n) is 3.46. The van der Waals surface area contributed by atoms with E-state index in [1.807, 2.05) is 24.3 Å².